The SMILES string of the molecule is CCOc1cc(C2/C(=C(/O)c3ccccc3)C(=O)C(=O)N2CCO)ccc1O. The molecule has 7 nitrogen and oxygen atoms in total. The van der Waals surface area contributed by atoms with E-state index in [1.807, 2.05) is 0 Å². The minimum absolute atomic E-state index is 0.0715. The maximum absolute atomic E-state index is 12.7. The number of hydrogen-bond donors (Lipinski definition) is 3. The number of hydrogen-bond acceptors (Lipinski definition) is 6. The summed E-state index contributed by atoms with van der Waals surface area (Å²) < 4.78 is 5.40. The Morgan fingerprint density at radius 1 is 1.14 bits per heavy atom. The average Bonchev–Trinajstić information content (AvgIpc) is 2.95. The van der Waals surface area contributed by atoms with Gasteiger partial charge in [-0.3, -0.25) is 9.59 Å². The van der Waals surface area contributed by atoms with Crippen molar-refractivity contribution in [3.8, 4) is 11.5 Å². The molecule has 7 heteroatoms. The number of benzene rings is 2. The van der Waals surface area contributed by atoms with Crippen LogP contribution in [0.4, 0.5) is 0 Å². The van der Waals surface area contributed by atoms with E-state index in [0.29, 0.717) is 17.7 Å². The molecule has 0 spiro atoms. The Kier molecular flexibility index (Phi) is 5.65. The van der Waals surface area contributed by atoms with Gasteiger partial charge in [0.15, 0.2) is 11.5 Å². The Labute approximate surface area is 162 Å². The van der Waals surface area contributed by atoms with Crippen molar-refractivity contribution in [3.05, 3.63) is 65.2 Å². The van der Waals surface area contributed by atoms with Gasteiger partial charge in [-0.15, -0.1) is 0 Å². The summed E-state index contributed by atoms with van der Waals surface area (Å²) in [5.41, 5.74) is 0.808. The fourth-order valence-corrected chi connectivity index (χ4v) is 3.29. The zero-order valence-corrected chi connectivity index (χ0v) is 15.3. The summed E-state index contributed by atoms with van der Waals surface area (Å²) in [5, 5.41) is 30.1. The summed E-state index contributed by atoms with van der Waals surface area (Å²) in [7, 11) is 0. The molecule has 3 N–H and O–H groups in total. The van der Waals surface area contributed by atoms with Crippen molar-refractivity contribution in [2.45, 2.75) is 13.0 Å². The highest BCUT2D eigenvalue weighted by atomic mass is 16.5. The maximum atomic E-state index is 12.7. The zero-order chi connectivity index (χ0) is 20.3. The Morgan fingerprint density at radius 2 is 1.86 bits per heavy atom. The van der Waals surface area contributed by atoms with Crippen LogP contribution in [0.1, 0.15) is 24.1 Å². The lowest BCUT2D eigenvalue weighted by Crippen LogP contribution is -2.32. The van der Waals surface area contributed by atoms with Crippen molar-refractivity contribution in [2.75, 3.05) is 19.8 Å². The van der Waals surface area contributed by atoms with Crippen molar-refractivity contribution in [1.29, 1.82) is 0 Å². The van der Waals surface area contributed by atoms with Crippen LogP contribution in [0.5, 0.6) is 11.5 Å². The molecule has 0 aliphatic carbocycles. The lowest BCUT2D eigenvalue weighted by atomic mass is 9.95. The number of aliphatic hydroxyl groups excluding tert-OH is 2. The number of ether oxygens (including phenoxy) is 1. The highest BCUT2D eigenvalue weighted by molar-refractivity contribution is 6.46. The lowest BCUT2D eigenvalue weighted by molar-refractivity contribution is -0.140. The minimum atomic E-state index is -0.910. The molecule has 1 saturated heterocycles. The summed E-state index contributed by atoms with van der Waals surface area (Å²) in [6.45, 7) is 1.66. The van der Waals surface area contributed by atoms with Crippen molar-refractivity contribution >= 4 is 17.4 Å². The number of phenolic OH excluding ortho intramolecular Hbond substituents is 1. The van der Waals surface area contributed by atoms with Crippen LogP contribution in [-0.4, -0.2) is 51.7 Å². The van der Waals surface area contributed by atoms with Crippen LogP contribution < -0.4 is 4.74 Å². The van der Waals surface area contributed by atoms with Gasteiger partial charge in [0.05, 0.1) is 24.8 Å². The predicted molar refractivity (Wildman–Crippen MR) is 102 cm³/mol. The molecular formula is C21H21NO6. The minimum Gasteiger partial charge on any atom is -0.507 e. The topological polar surface area (TPSA) is 107 Å². The van der Waals surface area contributed by atoms with Crippen LogP contribution in [0.25, 0.3) is 5.76 Å². The molecule has 0 radical (unpaired) electrons. The molecule has 146 valence electrons. The van der Waals surface area contributed by atoms with E-state index >= 15 is 0 Å². The summed E-state index contributed by atoms with van der Waals surface area (Å²) in [6.07, 6.45) is 0. The second-order valence-corrected chi connectivity index (χ2v) is 6.24. The van der Waals surface area contributed by atoms with E-state index < -0.39 is 17.7 Å². The summed E-state index contributed by atoms with van der Waals surface area (Å²) in [4.78, 5) is 26.4. The number of likely N-dealkylation sites (tertiary alicyclic amines) is 1. The Bertz CT molecular complexity index is 922. The first-order valence-electron chi connectivity index (χ1n) is 8.90. The van der Waals surface area contributed by atoms with E-state index in [-0.39, 0.29) is 36.0 Å². The van der Waals surface area contributed by atoms with Crippen LogP contribution in [0.3, 0.4) is 0 Å². The number of carbonyl (C=O) groups is 2. The Balaban J connectivity index is 2.19. The van der Waals surface area contributed by atoms with Crippen molar-refractivity contribution in [1.82, 2.24) is 4.90 Å². The molecule has 1 unspecified atom stereocenters. The van der Waals surface area contributed by atoms with Gasteiger partial charge in [0.25, 0.3) is 11.7 Å². The van der Waals surface area contributed by atoms with Gasteiger partial charge in [0, 0.05) is 12.1 Å². The molecule has 1 aliphatic rings. The van der Waals surface area contributed by atoms with Crippen molar-refractivity contribution in [3.63, 3.8) is 0 Å². The van der Waals surface area contributed by atoms with E-state index in [9.17, 15) is 24.9 Å². The Hall–Kier alpha value is -3.32. The third-order valence-corrected chi connectivity index (χ3v) is 4.53. The fraction of sp³-hybridized carbons (Fsp3) is 0.238. The predicted octanol–water partition coefficient (Wildman–Crippen LogP) is 2.20. The second kappa shape index (κ2) is 8.14. The summed E-state index contributed by atoms with van der Waals surface area (Å²) >= 11 is 0. The number of β-amino-alcohol motifs (C(OH)–C–C–N with tert-alkyl or cyclic N) is 1. The largest absolute Gasteiger partial charge is 0.507 e. The molecule has 1 amide bonds. The zero-order valence-electron chi connectivity index (χ0n) is 15.3. The van der Waals surface area contributed by atoms with Gasteiger partial charge in [-0.05, 0) is 24.6 Å². The molecule has 0 bridgehead atoms. The van der Waals surface area contributed by atoms with Crippen LogP contribution in [0, 0.1) is 0 Å². The average molecular weight is 383 g/mol. The highest BCUT2D eigenvalue weighted by Gasteiger charge is 2.46. The number of rotatable bonds is 6. The van der Waals surface area contributed by atoms with Crippen molar-refractivity contribution < 1.29 is 29.6 Å². The van der Waals surface area contributed by atoms with Gasteiger partial charge < -0.3 is 25.0 Å². The molecular weight excluding hydrogens is 362 g/mol. The number of aliphatic hydroxyl groups is 2. The molecule has 3 rings (SSSR count). The molecule has 0 saturated carbocycles. The first-order chi connectivity index (χ1) is 13.5. The van der Waals surface area contributed by atoms with Crippen LogP contribution >= 0.6 is 0 Å². The van der Waals surface area contributed by atoms with Crippen LogP contribution in [0.2, 0.25) is 0 Å². The number of nitrogens with zero attached hydrogens (tertiary/aromatic N) is 1. The summed E-state index contributed by atoms with van der Waals surface area (Å²) in [5.74, 6) is -1.80. The third-order valence-electron chi connectivity index (χ3n) is 4.53. The van der Waals surface area contributed by atoms with E-state index in [1.54, 1.807) is 43.3 Å². The van der Waals surface area contributed by atoms with Crippen LogP contribution in [0.15, 0.2) is 54.1 Å². The van der Waals surface area contributed by atoms with Gasteiger partial charge in [-0.1, -0.05) is 36.4 Å². The molecule has 1 fully saturated rings. The molecule has 2 aromatic carbocycles. The smallest absolute Gasteiger partial charge is 0.295 e. The van der Waals surface area contributed by atoms with Gasteiger partial charge in [-0.25, -0.2) is 0 Å². The second-order valence-electron chi connectivity index (χ2n) is 6.24. The lowest BCUT2D eigenvalue weighted by Gasteiger charge is -2.25. The van der Waals surface area contributed by atoms with E-state index in [2.05, 4.69) is 0 Å². The van der Waals surface area contributed by atoms with E-state index in [4.69, 9.17) is 4.74 Å². The molecule has 0 aromatic heterocycles. The number of Topliss-reactive ketones (excluding diaryl/α,β-unsaturated/α-hetero) is 1. The quantitative estimate of drug-likeness (QED) is 0.401. The number of phenols is 1. The monoisotopic (exact) mass is 383 g/mol. The number of aromatic hydroxyl groups is 1. The number of ketones is 1. The first kappa shape index (κ1) is 19.4. The molecule has 2 aromatic rings. The number of amides is 1. The molecule has 28 heavy (non-hydrogen) atoms. The van der Waals surface area contributed by atoms with E-state index in [1.165, 1.54) is 17.0 Å². The number of carbonyl (C=O) groups excluding carboxylic acids is 2. The third kappa shape index (κ3) is 3.44. The molecule has 1 heterocycles. The van der Waals surface area contributed by atoms with Gasteiger partial charge in [0.1, 0.15) is 5.76 Å². The van der Waals surface area contributed by atoms with Crippen LogP contribution in [-0.2, 0) is 9.59 Å². The Morgan fingerprint density at radius 3 is 2.50 bits per heavy atom. The maximum Gasteiger partial charge on any atom is 0.295 e. The van der Waals surface area contributed by atoms with E-state index in [0.717, 1.165) is 0 Å². The van der Waals surface area contributed by atoms with Gasteiger partial charge in [0.2, 0.25) is 0 Å². The van der Waals surface area contributed by atoms with Gasteiger partial charge in [-0.2, -0.15) is 0 Å². The summed E-state index contributed by atoms with van der Waals surface area (Å²) in [6, 6.07) is 12.0. The highest BCUT2D eigenvalue weighted by Crippen LogP contribution is 2.41. The fourth-order valence-electron chi connectivity index (χ4n) is 3.29. The molecule has 1 atom stereocenters. The normalized spacial score (nSPS) is 18.5. The first-order valence-corrected chi connectivity index (χ1v) is 8.90. The molecule has 1 aliphatic heterocycles. The standard InChI is InChI=1S/C21H21NO6/c1-2-28-16-12-14(8-9-15(16)24)18-17(19(25)13-6-4-3-5-7-13)20(26)21(27)22(18)10-11-23/h3-9,12,18,23-25H,2,10-11H2,1H3/b19-17-. The van der Waals surface area contributed by atoms with Crippen molar-refractivity contribution in [2.24, 2.45) is 0 Å². The van der Waals surface area contributed by atoms with Gasteiger partial charge >= 0.3 is 0 Å².